The largest absolute Gasteiger partial charge is 0.633 e. The average molecular weight is 385 g/mol. The summed E-state index contributed by atoms with van der Waals surface area (Å²) in [5.74, 6) is 3.64. The Kier molecular flexibility index (Phi) is 7.01. The van der Waals surface area contributed by atoms with Crippen molar-refractivity contribution < 1.29 is 4.65 Å². The Morgan fingerprint density at radius 3 is 2.70 bits per heavy atom. The summed E-state index contributed by atoms with van der Waals surface area (Å²) in [5.41, 5.74) is 1.34. The predicted octanol–water partition coefficient (Wildman–Crippen LogP) is 4.16. The number of hydrogen-bond acceptors (Lipinski definition) is 1. The Labute approximate surface area is 139 Å². The van der Waals surface area contributed by atoms with Gasteiger partial charge in [0.15, 0.2) is 0 Å². The van der Waals surface area contributed by atoms with E-state index in [1.54, 1.807) is 7.05 Å². The Bertz CT molecular complexity index is 438. The van der Waals surface area contributed by atoms with Crippen LogP contribution >= 0.6 is 24.0 Å². The molecule has 0 radical (unpaired) electrons. The normalized spacial score (nSPS) is 27.1. The lowest BCUT2D eigenvalue weighted by Crippen LogP contribution is -2.47. The van der Waals surface area contributed by atoms with Crippen molar-refractivity contribution in [3.8, 4) is 12.3 Å². The number of benzene rings is 1. The number of likely N-dealkylation sites (tertiary alicyclic amines) is 1. The zero-order valence-corrected chi connectivity index (χ0v) is 14.5. The molecule has 1 aliphatic rings. The molecule has 3 atom stereocenters. The van der Waals surface area contributed by atoms with Gasteiger partial charge in [0.2, 0.25) is 0 Å². The van der Waals surface area contributed by atoms with Gasteiger partial charge in [-0.05, 0) is 30.7 Å². The summed E-state index contributed by atoms with van der Waals surface area (Å²) >= 11 is 0. The first-order valence-electron chi connectivity index (χ1n) is 7.16. The van der Waals surface area contributed by atoms with Gasteiger partial charge < -0.3 is 9.85 Å². The van der Waals surface area contributed by atoms with Crippen molar-refractivity contribution >= 4 is 24.0 Å². The second kappa shape index (κ2) is 8.02. The van der Waals surface area contributed by atoms with Crippen LogP contribution in [0.3, 0.4) is 0 Å². The summed E-state index contributed by atoms with van der Waals surface area (Å²) < 4.78 is -0.0932. The van der Waals surface area contributed by atoms with E-state index >= 15 is 0 Å². The van der Waals surface area contributed by atoms with E-state index in [4.69, 9.17) is 6.42 Å². The Morgan fingerprint density at radius 2 is 2.10 bits per heavy atom. The first-order chi connectivity index (χ1) is 9.12. The van der Waals surface area contributed by atoms with Crippen LogP contribution in [0, 0.1) is 23.5 Å². The molecule has 2 nitrogen and oxygen atoms in total. The van der Waals surface area contributed by atoms with Crippen molar-refractivity contribution in [2.75, 3.05) is 20.1 Å². The fourth-order valence-electron chi connectivity index (χ4n) is 3.31. The lowest BCUT2D eigenvalue weighted by Gasteiger charge is -2.46. The molecule has 1 saturated heterocycles. The van der Waals surface area contributed by atoms with Crippen LogP contribution in [-0.4, -0.2) is 24.8 Å². The molecule has 1 aromatic rings. The molecular weight excluding hydrogens is 361 g/mol. The van der Waals surface area contributed by atoms with Crippen LogP contribution in [0.5, 0.6) is 0 Å². The molecule has 0 aliphatic carbocycles. The molecule has 0 N–H and O–H groups in total. The number of hydrogen-bond donors (Lipinski definition) is 0. The van der Waals surface area contributed by atoms with Gasteiger partial charge in [-0.2, -0.15) is 0 Å². The fraction of sp³-hybridized carbons (Fsp3) is 0.529. The molecule has 0 spiro atoms. The second-order valence-corrected chi connectivity index (χ2v) is 5.87. The number of terminal acetylenes is 1. The molecular formula is C17H24INO. The van der Waals surface area contributed by atoms with E-state index in [2.05, 4.69) is 30.2 Å². The number of nitrogens with zero attached hydrogens (tertiary/aromatic N) is 1. The van der Waals surface area contributed by atoms with E-state index in [9.17, 15) is 5.21 Å². The average Bonchev–Trinajstić information content (AvgIpc) is 2.39. The van der Waals surface area contributed by atoms with Crippen LogP contribution in [0.2, 0.25) is 0 Å². The van der Waals surface area contributed by atoms with E-state index in [1.807, 2.05) is 6.07 Å². The Balaban J connectivity index is 0.00000200. The minimum absolute atomic E-state index is 0. The molecule has 1 fully saturated rings. The SMILES string of the molecule is C#CCCC(c1ccccc1)C1CCC[N+](C)([O-])C1.I. The first-order valence-corrected chi connectivity index (χ1v) is 7.16. The lowest BCUT2D eigenvalue weighted by atomic mass is 9.78. The highest BCUT2D eigenvalue weighted by atomic mass is 127. The summed E-state index contributed by atoms with van der Waals surface area (Å²) in [5, 5.41) is 12.2. The van der Waals surface area contributed by atoms with Crippen LogP contribution in [0.1, 0.15) is 37.2 Å². The second-order valence-electron chi connectivity index (χ2n) is 5.87. The zero-order valence-electron chi connectivity index (χ0n) is 12.1. The number of halogens is 1. The summed E-state index contributed by atoms with van der Waals surface area (Å²) in [7, 11) is 1.80. The molecule has 0 amide bonds. The van der Waals surface area contributed by atoms with Crippen LogP contribution in [0.4, 0.5) is 0 Å². The van der Waals surface area contributed by atoms with E-state index in [-0.39, 0.29) is 28.6 Å². The third-order valence-corrected chi connectivity index (χ3v) is 4.22. The number of hydroxylamine groups is 3. The highest BCUT2D eigenvalue weighted by Crippen LogP contribution is 2.36. The zero-order chi connectivity index (χ0) is 13.7. The molecule has 1 aliphatic heterocycles. The van der Waals surface area contributed by atoms with E-state index in [1.165, 1.54) is 5.56 Å². The van der Waals surface area contributed by atoms with Crippen molar-refractivity contribution in [3.63, 3.8) is 0 Å². The third kappa shape index (κ3) is 4.76. The topological polar surface area (TPSA) is 23.1 Å². The molecule has 3 heteroatoms. The molecule has 1 aromatic carbocycles. The highest BCUT2D eigenvalue weighted by Gasteiger charge is 2.31. The van der Waals surface area contributed by atoms with Crippen molar-refractivity contribution in [2.24, 2.45) is 5.92 Å². The number of quaternary nitrogens is 1. The van der Waals surface area contributed by atoms with Crippen molar-refractivity contribution in [1.82, 2.24) is 0 Å². The highest BCUT2D eigenvalue weighted by molar-refractivity contribution is 14.0. The maximum atomic E-state index is 12.2. The fourth-order valence-corrected chi connectivity index (χ4v) is 3.31. The van der Waals surface area contributed by atoms with Crippen molar-refractivity contribution in [1.29, 1.82) is 0 Å². The lowest BCUT2D eigenvalue weighted by molar-refractivity contribution is -0.870. The quantitative estimate of drug-likeness (QED) is 0.331. The summed E-state index contributed by atoms with van der Waals surface area (Å²) in [6, 6.07) is 10.5. The van der Waals surface area contributed by atoms with E-state index in [0.717, 1.165) is 38.8 Å². The van der Waals surface area contributed by atoms with E-state index in [0.29, 0.717) is 11.8 Å². The van der Waals surface area contributed by atoms with Crippen LogP contribution in [0.15, 0.2) is 30.3 Å². The van der Waals surface area contributed by atoms with Gasteiger partial charge in [0.25, 0.3) is 0 Å². The smallest absolute Gasteiger partial charge is 0.0816 e. The van der Waals surface area contributed by atoms with Gasteiger partial charge in [-0.25, -0.2) is 0 Å². The van der Waals surface area contributed by atoms with Gasteiger partial charge in [-0.1, -0.05) is 30.3 Å². The van der Waals surface area contributed by atoms with Gasteiger partial charge in [-0.3, -0.25) is 0 Å². The number of piperidine rings is 1. The van der Waals surface area contributed by atoms with Gasteiger partial charge >= 0.3 is 0 Å². The van der Waals surface area contributed by atoms with Gasteiger partial charge in [0.1, 0.15) is 0 Å². The molecule has 1 heterocycles. The van der Waals surface area contributed by atoms with E-state index < -0.39 is 0 Å². The molecule has 110 valence electrons. The van der Waals surface area contributed by atoms with Gasteiger partial charge in [-0.15, -0.1) is 36.3 Å². The van der Waals surface area contributed by atoms with Crippen molar-refractivity contribution in [2.45, 2.75) is 31.6 Å². The molecule has 0 saturated carbocycles. The molecule has 3 unspecified atom stereocenters. The summed E-state index contributed by atoms with van der Waals surface area (Å²) in [4.78, 5) is 0. The molecule has 20 heavy (non-hydrogen) atoms. The van der Waals surface area contributed by atoms with Crippen LogP contribution in [0.25, 0.3) is 0 Å². The van der Waals surface area contributed by atoms with Crippen molar-refractivity contribution in [3.05, 3.63) is 41.1 Å². The van der Waals surface area contributed by atoms with Gasteiger partial charge in [0, 0.05) is 12.3 Å². The predicted molar refractivity (Wildman–Crippen MR) is 94.7 cm³/mol. The molecule has 0 bridgehead atoms. The molecule has 0 aromatic heterocycles. The van der Waals surface area contributed by atoms with Crippen LogP contribution in [-0.2, 0) is 0 Å². The Morgan fingerprint density at radius 1 is 1.40 bits per heavy atom. The molecule has 2 rings (SSSR count). The minimum atomic E-state index is -0.0932. The standard InChI is InChI=1S/C17H23NO.HI/c1-3-4-12-17(15-9-6-5-7-10-15)16-11-8-13-18(2,19)14-16;/h1,5-7,9-10,16-17H,4,8,11-14H2,2H3;1H. The monoisotopic (exact) mass is 385 g/mol. The maximum Gasteiger partial charge on any atom is 0.0816 e. The summed E-state index contributed by atoms with van der Waals surface area (Å²) in [6.07, 6.45) is 9.39. The maximum absolute atomic E-state index is 12.2. The minimum Gasteiger partial charge on any atom is -0.633 e. The number of rotatable bonds is 4. The van der Waals surface area contributed by atoms with Crippen LogP contribution < -0.4 is 0 Å². The summed E-state index contributed by atoms with van der Waals surface area (Å²) in [6.45, 7) is 1.48. The Hall–Kier alpha value is -0.570. The third-order valence-electron chi connectivity index (χ3n) is 4.22. The first kappa shape index (κ1) is 17.5. The van der Waals surface area contributed by atoms with Gasteiger partial charge in [0.05, 0.1) is 20.1 Å².